The summed E-state index contributed by atoms with van der Waals surface area (Å²) in [5.41, 5.74) is 2.08. The molecule has 1 aromatic carbocycles. The van der Waals surface area contributed by atoms with Crippen molar-refractivity contribution < 1.29 is 9.18 Å². The fourth-order valence-electron chi connectivity index (χ4n) is 2.10. The lowest BCUT2D eigenvalue weighted by atomic mass is 10.1. The molecule has 4 heteroatoms. The van der Waals surface area contributed by atoms with Crippen LogP contribution in [-0.4, -0.2) is 19.0 Å². The van der Waals surface area contributed by atoms with Gasteiger partial charge in [0.25, 0.3) is 0 Å². The predicted octanol–water partition coefficient (Wildman–Crippen LogP) is 2.55. The summed E-state index contributed by atoms with van der Waals surface area (Å²) >= 11 is 0. The first-order valence-electron chi connectivity index (χ1n) is 5.89. The fraction of sp³-hybridized carbons (Fsp3) is 0.462. The van der Waals surface area contributed by atoms with E-state index in [0.29, 0.717) is 17.8 Å². The third-order valence-corrected chi connectivity index (χ3v) is 3.20. The summed E-state index contributed by atoms with van der Waals surface area (Å²) in [6.45, 7) is 7.12. The molecule has 2 rings (SSSR count). The van der Waals surface area contributed by atoms with Gasteiger partial charge in [-0.1, -0.05) is 6.92 Å². The molecule has 1 unspecified atom stereocenters. The van der Waals surface area contributed by atoms with Crippen molar-refractivity contribution in [1.82, 2.24) is 0 Å². The predicted molar refractivity (Wildman–Crippen MR) is 66.8 cm³/mol. The highest BCUT2D eigenvalue weighted by molar-refractivity contribution is 5.97. The molecule has 1 N–H and O–H groups in total. The number of benzene rings is 1. The number of amides is 1. The minimum absolute atomic E-state index is 0.0505. The lowest BCUT2D eigenvalue weighted by Gasteiger charge is -2.24. The van der Waals surface area contributed by atoms with Crippen LogP contribution in [0.15, 0.2) is 12.1 Å². The molecule has 0 fully saturated rings. The summed E-state index contributed by atoms with van der Waals surface area (Å²) in [6.07, 6.45) is 0. The van der Waals surface area contributed by atoms with Crippen molar-refractivity contribution in [3.63, 3.8) is 0 Å². The van der Waals surface area contributed by atoms with Gasteiger partial charge in [-0.05, 0) is 31.5 Å². The van der Waals surface area contributed by atoms with E-state index in [1.54, 1.807) is 13.0 Å². The quantitative estimate of drug-likeness (QED) is 0.812. The van der Waals surface area contributed by atoms with Gasteiger partial charge in [-0.25, -0.2) is 4.39 Å². The van der Waals surface area contributed by atoms with E-state index in [0.717, 1.165) is 12.2 Å². The summed E-state index contributed by atoms with van der Waals surface area (Å²) in [4.78, 5) is 13.9. The maximum atomic E-state index is 13.5. The molecule has 92 valence electrons. The molecule has 1 heterocycles. The number of hydrogen-bond acceptors (Lipinski definition) is 2. The average Bonchev–Trinajstić information content (AvgIpc) is 2.40. The lowest BCUT2D eigenvalue weighted by molar-refractivity contribution is -0.119. The van der Waals surface area contributed by atoms with E-state index in [1.165, 1.54) is 6.07 Å². The van der Waals surface area contributed by atoms with E-state index < -0.39 is 0 Å². The van der Waals surface area contributed by atoms with Crippen molar-refractivity contribution >= 4 is 17.3 Å². The molecule has 17 heavy (non-hydrogen) atoms. The van der Waals surface area contributed by atoms with Gasteiger partial charge in [0.05, 0.1) is 17.3 Å². The molecule has 0 spiro atoms. The Labute approximate surface area is 101 Å². The van der Waals surface area contributed by atoms with Gasteiger partial charge in [0.15, 0.2) is 0 Å². The van der Waals surface area contributed by atoms with E-state index >= 15 is 0 Å². The van der Waals surface area contributed by atoms with Crippen molar-refractivity contribution in [3.8, 4) is 0 Å². The zero-order valence-electron chi connectivity index (χ0n) is 10.4. The molecule has 1 aromatic rings. The maximum absolute atomic E-state index is 13.5. The highest BCUT2D eigenvalue weighted by atomic mass is 19.1. The minimum Gasteiger partial charge on any atom is -0.369 e. The first kappa shape index (κ1) is 11.9. The number of halogens is 1. The molecule has 0 saturated carbocycles. The second-order valence-corrected chi connectivity index (χ2v) is 4.55. The smallest absolute Gasteiger partial charge is 0.229 e. The van der Waals surface area contributed by atoms with Gasteiger partial charge in [-0.2, -0.15) is 0 Å². The van der Waals surface area contributed by atoms with E-state index in [9.17, 15) is 9.18 Å². The minimum atomic E-state index is -0.283. The first-order valence-corrected chi connectivity index (χ1v) is 5.89. The third kappa shape index (κ3) is 2.12. The number of hydrogen-bond donors (Lipinski definition) is 1. The Bertz CT molecular complexity index is 459. The molecular formula is C13H17FN2O. The SMILES string of the molecule is CCN1CC(C)C(=O)Nc2cc(F)c(C)cc21. The Morgan fingerprint density at radius 2 is 2.24 bits per heavy atom. The number of carbonyl (C=O) groups excluding carboxylic acids is 1. The van der Waals surface area contributed by atoms with Gasteiger partial charge in [0.1, 0.15) is 5.82 Å². The highest BCUT2D eigenvalue weighted by Crippen LogP contribution is 2.32. The molecule has 0 aliphatic carbocycles. The largest absolute Gasteiger partial charge is 0.369 e. The van der Waals surface area contributed by atoms with Crippen LogP contribution in [0, 0.1) is 18.7 Å². The van der Waals surface area contributed by atoms with Crippen LogP contribution in [0.2, 0.25) is 0 Å². The van der Waals surface area contributed by atoms with Crippen molar-refractivity contribution in [1.29, 1.82) is 0 Å². The van der Waals surface area contributed by atoms with Crippen LogP contribution >= 0.6 is 0 Å². The summed E-state index contributed by atoms with van der Waals surface area (Å²) in [5.74, 6) is -0.425. The normalized spacial score (nSPS) is 19.6. The lowest BCUT2D eigenvalue weighted by Crippen LogP contribution is -2.30. The van der Waals surface area contributed by atoms with Crippen LogP contribution in [0.1, 0.15) is 19.4 Å². The number of anilines is 2. The number of rotatable bonds is 1. The number of aryl methyl sites for hydroxylation is 1. The van der Waals surface area contributed by atoms with Gasteiger partial charge in [0.2, 0.25) is 5.91 Å². The summed E-state index contributed by atoms with van der Waals surface area (Å²) < 4.78 is 13.5. The van der Waals surface area contributed by atoms with Crippen LogP contribution in [-0.2, 0) is 4.79 Å². The first-order chi connectivity index (χ1) is 8.02. The molecule has 0 saturated heterocycles. The van der Waals surface area contributed by atoms with E-state index in [4.69, 9.17) is 0 Å². The summed E-state index contributed by atoms with van der Waals surface area (Å²) in [7, 11) is 0. The molecule has 0 bridgehead atoms. The highest BCUT2D eigenvalue weighted by Gasteiger charge is 2.24. The third-order valence-electron chi connectivity index (χ3n) is 3.20. The Balaban J connectivity index is 2.52. The molecule has 1 aliphatic heterocycles. The van der Waals surface area contributed by atoms with Gasteiger partial charge in [-0.3, -0.25) is 4.79 Å². The topological polar surface area (TPSA) is 32.3 Å². The van der Waals surface area contributed by atoms with Crippen LogP contribution in [0.4, 0.5) is 15.8 Å². The second kappa shape index (κ2) is 4.35. The van der Waals surface area contributed by atoms with Crippen LogP contribution in [0.3, 0.4) is 0 Å². The molecular weight excluding hydrogens is 219 g/mol. The number of nitrogens with zero attached hydrogens (tertiary/aromatic N) is 1. The van der Waals surface area contributed by atoms with E-state index in [1.807, 2.05) is 13.8 Å². The van der Waals surface area contributed by atoms with Crippen molar-refractivity contribution in [2.45, 2.75) is 20.8 Å². The molecule has 3 nitrogen and oxygen atoms in total. The number of carbonyl (C=O) groups is 1. The Kier molecular flexibility index (Phi) is 3.05. The van der Waals surface area contributed by atoms with E-state index in [-0.39, 0.29) is 17.6 Å². The van der Waals surface area contributed by atoms with E-state index in [2.05, 4.69) is 10.2 Å². The second-order valence-electron chi connectivity index (χ2n) is 4.55. The van der Waals surface area contributed by atoms with Crippen molar-refractivity contribution in [2.75, 3.05) is 23.3 Å². The number of fused-ring (bicyclic) bond motifs is 1. The summed E-state index contributed by atoms with van der Waals surface area (Å²) in [6, 6.07) is 3.20. The van der Waals surface area contributed by atoms with Crippen molar-refractivity contribution in [2.24, 2.45) is 5.92 Å². The molecule has 1 atom stereocenters. The fourth-order valence-corrected chi connectivity index (χ4v) is 2.10. The van der Waals surface area contributed by atoms with Crippen LogP contribution in [0.25, 0.3) is 0 Å². The zero-order valence-corrected chi connectivity index (χ0v) is 10.4. The average molecular weight is 236 g/mol. The Hall–Kier alpha value is -1.58. The maximum Gasteiger partial charge on any atom is 0.229 e. The van der Waals surface area contributed by atoms with Gasteiger partial charge < -0.3 is 10.2 Å². The molecule has 1 amide bonds. The van der Waals surface area contributed by atoms with Gasteiger partial charge >= 0.3 is 0 Å². The van der Waals surface area contributed by atoms with Gasteiger partial charge in [-0.15, -0.1) is 0 Å². The zero-order chi connectivity index (χ0) is 12.6. The summed E-state index contributed by atoms with van der Waals surface area (Å²) in [5, 5.41) is 2.78. The van der Waals surface area contributed by atoms with Crippen molar-refractivity contribution in [3.05, 3.63) is 23.5 Å². The monoisotopic (exact) mass is 236 g/mol. The molecule has 0 aromatic heterocycles. The molecule has 0 radical (unpaired) electrons. The van der Waals surface area contributed by atoms with Crippen LogP contribution < -0.4 is 10.2 Å². The van der Waals surface area contributed by atoms with Crippen LogP contribution in [0.5, 0.6) is 0 Å². The number of nitrogens with one attached hydrogen (secondary N) is 1. The molecule has 1 aliphatic rings. The van der Waals surface area contributed by atoms with Gasteiger partial charge in [0, 0.05) is 13.1 Å². The standard InChI is InChI=1S/C13H17FN2O/c1-4-16-7-9(3)13(17)15-11-6-10(14)8(2)5-12(11)16/h5-6,9H,4,7H2,1-3H3,(H,15,17). The Morgan fingerprint density at radius 3 is 2.88 bits per heavy atom. The Morgan fingerprint density at radius 1 is 1.53 bits per heavy atom.